The zero-order valence-electron chi connectivity index (χ0n) is 28.6. The van der Waals surface area contributed by atoms with Gasteiger partial charge in [0.1, 0.15) is 0 Å². The van der Waals surface area contributed by atoms with Crippen LogP contribution in [0.3, 0.4) is 0 Å². The summed E-state index contributed by atoms with van der Waals surface area (Å²) in [4.78, 5) is -0.0190. The van der Waals surface area contributed by atoms with Crippen LogP contribution in [0.5, 0.6) is 0 Å². The highest BCUT2D eigenvalue weighted by atomic mass is 32.2. The van der Waals surface area contributed by atoms with Crippen LogP contribution in [0.25, 0.3) is 34.4 Å². The molecule has 0 unspecified atom stereocenters. The quantitative estimate of drug-likeness (QED) is 0.133. The van der Waals surface area contributed by atoms with E-state index in [-0.39, 0.29) is 48.1 Å². The largest absolute Gasteiger partial charge is 0.267 e. The molecule has 0 radical (unpaired) electrons. The molecule has 14 heteroatoms. The van der Waals surface area contributed by atoms with Crippen LogP contribution in [0.1, 0.15) is 27.8 Å². The highest BCUT2D eigenvalue weighted by Crippen LogP contribution is 2.40. The van der Waals surface area contributed by atoms with E-state index in [1.165, 1.54) is 85.7 Å². The van der Waals surface area contributed by atoms with E-state index in [0.29, 0.717) is 0 Å². The van der Waals surface area contributed by atoms with Crippen LogP contribution in [0.2, 0.25) is 0 Å². The summed E-state index contributed by atoms with van der Waals surface area (Å²) in [7, 11) is -12.6. The van der Waals surface area contributed by atoms with Crippen molar-refractivity contribution >= 4 is 42.2 Å². The minimum atomic E-state index is -4.24. The molecule has 0 aliphatic rings. The first-order valence-electron chi connectivity index (χ1n) is 15.9. The van der Waals surface area contributed by atoms with Crippen molar-refractivity contribution in [2.45, 2.75) is 35.5 Å². The van der Waals surface area contributed by atoms with Crippen molar-refractivity contribution in [3.05, 3.63) is 150 Å². The molecule has 0 saturated heterocycles. The van der Waals surface area contributed by atoms with E-state index in [1.54, 1.807) is 36.4 Å². The van der Waals surface area contributed by atoms with E-state index in [4.69, 9.17) is 0 Å². The number of benzene rings is 3. The molecule has 0 aliphatic carbocycles. The van der Waals surface area contributed by atoms with Crippen LogP contribution in [-0.2, 0) is 30.1 Å². The number of hydrogen-bond donors (Lipinski definition) is 0. The molecule has 3 aromatic carbocycles. The standard InChI is InChI=1S/C39H31N5O6S3/c1-28-8-14-33(15-9-28)51(45,46)42-22-31(6-4-20-40)36(24-42)38-26-44(53(49,50)35-18-12-30(3)13-19-35)27-39(38)37-25-43(23-32(37)7-5-21-41)52(47,48)34-16-10-29(2)11-17-34/h4-19,22-27H,1-3H3. The second kappa shape index (κ2) is 14.1. The number of allylic oxidation sites excluding steroid dienone is 2. The van der Waals surface area contributed by atoms with E-state index >= 15 is 0 Å². The minimum absolute atomic E-state index is 0.00233. The Morgan fingerprint density at radius 1 is 0.434 bits per heavy atom. The third kappa shape index (κ3) is 7.03. The number of aryl methyl sites for hydroxylation is 3. The average Bonchev–Trinajstić information content (AvgIpc) is 3.88. The molecule has 0 fully saturated rings. The van der Waals surface area contributed by atoms with E-state index in [0.717, 1.165) is 40.8 Å². The fourth-order valence-corrected chi connectivity index (χ4v) is 9.29. The molecule has 53 heavy (non-hydrogen) atoms. The lowest BCUT2D eigenvalue weighted by Gasteiger charge is -2.06. The topological polar surface area (TPSA) is 165 Å². The molecule has 0 amide bonds. The zero-order chi connectivity index (χ0) is 38.1. The summed E-state index contributed by atoms with van der Waals surface area (Å²) in [6.07, 6.45) is 13.0. The smallest absolute Gasteiger partial charge is 0.248 e. The number of hydrogen-bond acceptors (Lipinski definition) is 8. The predicted octanol–water partition coefficient (Wildman–Crippen LogP) is 7.13. The lowest BCUT2D eigenvalue weighted by Crippen LogP contribution is -2.11. The summed E-state index contributed by atoms with van der Waals surface area (Å²) in [5.74, 6) is 0. The summed E-state index contributed by atoms with van der Waals surface area (Å²) >= 11 is 0. The molecular weight excluding hydrogens is 731 g/mol. The Balaban J connectivity index is 1.65. The van der Waals surface area contributed by atoms with Gasteiger partial charge < -0.3 is 0 Å². The second-order valence-corrected chi connectivity index (χ2v) is 17.7. The normalized spacial score (nSPS) is 12.3. The summed E-state index contributed by atoms with van der Waals surface area (Å²) in [6.45, 7) is 5.47. The van der Waals surface area contributed by atoms with Gasteiger partial charge in [-0.1, -0.05) is 53.1 Å². The highest BCUT2D eigenvalue weighted by Gasteiger charge is 2.27. The summed E-state index contributed by atoms with van der Waals surface area (Å²) in [5.41, 5.74) is 3.93. The van der Waals surface area contributed by atoms with Gasteiger partial charge in [0.05, 0.1) is 26.8 Å². The average molecular weight is 762 g/mol. The fraction of sp³-hybridized carbons (Fsp3) is 0.0769. The molecule has 266 valence electrons. The van der Waals surface area contributed by atoms with E-state index in [9.17, 15) is 35.8 Å². The number of nitriles is 2. The monoisotopic (exact) mass is 761 g/mol. The maximum Gasteiger partial charge on any atom is 0.267 e. The van der Waals surface area contributed by atoms with Crippen molar-refractivity contribution < 1.29 is 25.3 Å². The van der Waals surface area contributed by atoms with Gasteiger partial charge in [-0.05, 0) is 69.3 Å². The van der Waals surface area contributed by atoms with Gasteiger partial charge in [-0.15, -0.1) is 0 Å². The van der Waals surface area contributed by atoms with Crippen molar-refractivity contribution in [2.75, 3.05) is 0 Å². The molecule has 0 atom stereocenters. The highest BCUT2D eigenvalue weighted by molar-refractivity contribution is 7.90. The Morgan fingerprint density at radius 3 is 0.981 bits per heavy atom. The second-order valence-electron chi connectivity index (χ2n) is 12.2. The number of rotatable bonds is 10. The SMILES string of the molecule is Cc1ccc(S(=O)(=O)n2cc(C=CC#N)c(-c3cn(S(=O)(=O)c4ccc(C)cc4)cc3-c3cn(S(=O)(=O)c4ccc(C)cc4)cc3C=CC#N)c2)cc1. The van der Waals surface area contributed by atoms with Gasteiger partial charge >= 0.3 is 0 Å². The van der Waals surface area contributed by atoms with Crippen LogP contribution >= 0.6 is 0 Å². The number of nitrogens with zero attached hydrogens (tertiary/aromatic N) is 5. The van der Waals surface area contributed by atoms with Gasteiger partial charge in [0, 0.05) is 82.7 Å². The Bertz CT molecular complexity index is 2690. The first kappa shape index (κ1) is 36.6. The first-order valence-corrected chi connectivity index (χ1v) is 20.2. The van der Waals surface area contributed by atoms with Crippen molar-refractivity contribution in [3.63, 3.8) is 0 Å². The molecule has 6 rings (SSSR count). The van der Waals surface area contributed by atoms with Gasteiger partial charge in [-0.3, -0.25) is 0 Å². The van der Waals surface area contributed by atoms with Crippen LogP contribution in [0, 0.1) is 43.4 Å². The van der Waals surface area contributed by atoms with Crippen LogP contribution < -0.4 is 0 Å². The van der Waals surface area contributed by atoms with Crippen LogP contribution in [0.15, 0.2) is 137 Å². The van der Waals surface area contributed by atoms with Crippen LogP contribution in [-0.4, -0.2) is 37.2 Å². The summed E-state index contributed by atoms with van der Waals surface area (Å²) in [5, 5.41) is 18.8. The molecule has 0 N–H and O–H groups in total. The van der Waals surface area contributed by atoms with Gasteiger partial charge in [0.2, 0.25) is 0 Å². The molecule has 11 nitrogen and oxygen atoms in total. The Hall–Kier alpha value is -6.19. The van der Waals surface area contributed by atoms with E-state index in [2.05, 4.69) is 0 Å². The fourth-order valence-electron chi connectivity index (χ4n) is 5.63. The molecule has 3 aromatic heterocycles. The molecule has 6 aromatic rings. The lowest BCUT2D eigenvalue weighted by atomic mass is 9.97. The molecule has 3 heterocycles. The molecule has 0 aliphatic heterocycles. The molecule has 0 saturated carbocycles. The van der Waals surface area contributed by atoms with Gasteiger partial charge in [0.25, 0.3) is 30.1 Å². The third-order valence-electron chi connectivity index (χ3n) is 8.51. The maximum atomic E-state index is 14.1. The molecule has 0 spiro atoms. The van der Waals surface area contributed by atoms with E-state index < -0.39 is 30.1 Å². The lowest BCUT2D eigenvalue weighted by molar-refractivity contribution is 0.585. The van der Waals surface area contributed by atoms with Crippen molar-refractivity contribution in [3.8, 4) is 34.4 Å². The van der Waals surface area contributed by atoms with E-state index in [1.807, 2.05) is 32.9 Å². The van der Waals surface area contributed by atoms with Gasteiger partial charge in [-0.2, -0.15) is 10.5 Å². The van der Waals surface area contributed by atoms with Gasteiger partial charge in [0.15, 0.2) is 0 Å². The Morgan fingerprint density at radius 2 is 0.698 bits per heavy atom. The van der Waals surface area contributed by atoms with Crippen molar-refractivity contribution in [1.29, 1.82) is 10.5 Å². The Labute approximate surface area is 308 Å². The summed E-state index contributed by atoms with van der Waals surface area (Å²) in [6, 6.07) is 22.5. The minimum Gasteiger partial charge on any atom is -0.248 e. The van der Waals surface area contributed by atoms with Crippen molar-refractivity contribution in [1.82, 2.24) is 11.9 Å². The van der Waals surface area contributed by atoms with Crippen molar-refractivity contribution in [2.24, 2.45) is 0 Å². The molecule has 0 bridgehead atoms. The molecular formula is C39H31N5O6S3. The maximum absolute atomic E-state index is 14.1. The third-order valence-corrected chi connectivity index (χ3v) is 13.4. The summed E-state index contributed by atoms with van der Waals surface area (Å²) < 4.78 is 86.5. The zero-order valence-corrected chi connectivity index (χ0v) is 31.1. The van der Waals surface area contributed by atoms with Gasteiger partial charge in [-0.25, -0.2) is 37.2 Å². The number of aromatic nitrogens is 3. The first-order chi connectivity index (χ1) is 25.2. The van der Waals surface area contributed by atoms with Crippen LogP contribution in [0.4, 0.5) is 0 Å². The predicted molar refractivity (Wildman–Crippen MR) is 202 cm³/mol. The Kier molecular flexibility index (Phi) is 9.73.